The average molecular weight is 1180 g/mol. The van der Waals surface area contributed by atoms with E-state index >= 15 is 0 Å². The first-order valence-electron chi connectivity index (χ1n) is 23.5. The second-order valence-corrected chi connectivity index (χ2v) is 20.8. The molecule has 2 aliphatic rings. The second kappa shape index (κ2) is 29.4. The molecule has 1 aromatic rings. The molecule has 0 spiro atoms. The number of carboxylic acids is 3. The van der Waals surface area contributed by atoms with Gasteiger partial charge in [-0.25, -0.2) is 18.7 Å². The van der Waals surface area contributed by atoms with Crippen molar-refractivity contribution in [2.75, 3.05) is 6.61 Å². The minimum atomic E-state index is -5.99. The number of nitrogens with two attached hydrogens (primary N) is 1. The number of rotatable bonds is 30. The van der Waals surface area contributed by atoms with Crippen LogP contribution in [-0.2, 0) is 79.8 Å². The summed E-state index contributed by atoms with van der Waals surface area (Å²) >= 11 is 0. The van der Waals surface area contributed by atoms with Gasteiger partial charge in [-0.1, -0.05) is 0 Å². The lowest BCUT2D eigenvalue weighted by Crippen LogP contribution is -2.65. The average Bonchev–Trinajstić information content (AvgIpc) is 3.62. The smallest absolute Gasteiger partial charge is 0.480 e. The number of carbonyl (C=O) groups excluding carboxylic acids is 6. The summed E-state index contributed by atoms with van der Waals surface area (Å²) in [6.45, 7) is 4.12. The maximum atomic E-state index is 13.3. The summed E-state index contributed by atoms with van der Waals surface area (Å²) < 4.78 is 56.2. The van der Waals surface area contributed by atoms with Gasteiger partial charge in [0.25, 0.3) is 5.56 Å². The molecule has 0 aliphatic carbocycles. The lowest BCUT2D eigenvalue weighted by Gasteiger charge is -2.43. The number of phosphoric ester groups is 2. The number of aliphatic carboxylic acids is 3. The first-order valence-corrected chi connectivity index (χ1v) is 26.5. The Morgan fingerprint density at radius 1 is 0.734 bits per heavy atom. The van der Waals surface area contributed by atoms with Gasteiger partial charge in [0.05, 0.1) is 6.61 Å². The van der Waals surface area contributed by atoms with Gasteiger partial charge in [-0.05, 0) is 53.4 Å². The fraction of sp³-hybridized carbons (Fsp3) is 0.675. The first kappa shape index (κ1) is 67.1. The molecule has 3 heterocycles. The van der Waals surface area contributed by atoms with Crippen molar-refractivity contribution in [1.29, 1.82) is 0 Å². The van der Waals surface area contributed by atoms with E-state index < -0.39 is 197 Å². The number of ether oxygens (including phenoxy) is 3. The monoisotopic (exact) mass is 1180 g/mol. The molecule has 79 heavy (non-hydrogen) atoms. The Bertz CT molecular complexity index is 2610. The van der Waals surface area contributed by atoms with Crippen molar-refractivity contribution in [2.24, 2.45) is 5.73 Å². The van der Waals surface area contributed by atoms with E-state index in [2.05, 4.69) is 40.7 Å². The van der Waals surface area contributed by atoms with E-state index in [4.69, 9.17) is 34.7 Å². The zero-order valence-electron chi connectivity index (χ0n) is 42.3. The Kier molecular flexibility index (Phi) is 24.9. The number of aromatic nitrogens is 2. The molecule has 2 fully saturated rings. The normalized spacial score (nSPS) is 26.2. The number of aromatic amines is 1. The van der Waals surface area contributed by atoms with E-state index in [9.17, 15) is 97.2 Å². The molecule has 18 atom stereocenters. The molecular weight excluding hydrogens is 1120 g/mol. The number of carbonyl (C=O) groups is 9. The van der Waals surface area contributed by atoms with Crippen LogP contribution in [-0.4, -0.2) is 207 Å². The summed E-state index contributed by atoms with van der Waals surface area (Å²) in [7, 11) is -11.8. The summed E-state index contributed by atoms with van der Waals surface area (Å²) in [6.07, 6.45) is -19.1. The number of amides is 6. The van der Waals surface area contributed by atoms with Crippen molar-refractivity contribution < 1.29 is 125 Å². The minimum absolute atomic E-state index is 0.0556. The number of nitrogens with zero attached hydrogens (tertiary/aromatic N) is 1. The van der Waals surface area contributed by atoms with Crippen molar-refractivity contribution >= 4 is 69.0 Å². The van der Waals surface area contributed by atoms with E-state index in [1.54, 1.807) is 0 Å². The molecule has 3 rings (SSSR count). The van der Waals surface area contributed by atoms with Gasteiger partial charge in [-0.3, -0.25) is 61.7 Å². The largest absolute Gasteiger partial charge is 0.483 e. The topological polar surface area (TPSA) is 578 Å². The number of aliphatic hydroxyl groups is 4. The van der Waals surface area contributed by atoms with Crippen LogP contribution in [0.5, 0.6) is 0 Å². The highest BCUT2D eigenvalue weighted by Gasteiger charge is 2.52. The molecule has 37 nitrogen and oxygen atoms in total. The molecule has 0 bridgehead atoms. The Labute approximate surface area is 445 Å². The molecule has 2 aliphatic heterocycles. The van der Waals surface area contributed by atoms with E-state index in [0.29, 0.717) is 4.57 Å². The van der Waals surface area contributed by atoms with Crippen LogP contribution in [0.3, 0.4) is 0 Å². The van der Waals surface area contributed by atoms with Gasteiger partial charge >= 0.3 is 39.2 Å². The number of hydrogen-bond acceptors (Lipinski definition) is 24. The number of aliphatic hydroxyl groups excluding tert-OH is 4. The summed E-state index contributed by atoms with van der Waals surface area (Å²) in [5.74, 6) is -10.6. The molecule has 0 radical (unpaired) electrons. The van der Waals surface area contributed by atoms with Crippen LogP contribution in [0.15, 0.2) is 21.9 Å². The zero-order valence-corrected chi connectivity index (χ0v) is 44.1. The highest BCUT2D eigenvalue weighted by molar-refractivity contribution is 7.61. The number of hydrogen-bond donors (Lipinski definition) is 17. The number of carboxylic acid groups (broad SMARTS) is 3. The van der Waals surface area contributed by atoms with Crippen LogP contribution in [0.25, 0.3) is 0 Å². The lowest BCUT2D eigenvalue weighted by molar-refractivity contribution is -0.307. The molecular formula is C40H63N9O28P2. The van der Waals surface area contributed by atoms with E-state index in [1.807, 2.05) is 4.98 Å². The minimum Gasteiger partial charge on any atom is -0.480 e. The van der Waals surface area contributed by atoms with E-state index in [-0.39, 0.29) is 19.3 Å². The van der Waals surface area contributed by atoms with Crippen LogP contribution in [0.1, 0.15) is 73.0 Å². The highest BCUT2D eigenvalue weighted by Crippen LogP contribution is 2.61. The van der Waals surface area contributed by atoms with Crippen molar-refractivity contribution in [3.63, 3.8) is 0 Å². The number of nitrogens with one attached hydrogen (secondary N) is 7. The second-order valence-electron chi connectivity index (χ2n) is 17.8. The molecule has 6 amide bonds. The van der Waals surface area contributed by atoms with Gasteiger partial charge in [0.15, 0.2) is 18.8 Å². The summed E-state index contributed by atoms with van der Waals surface area (Å²) in [6, 6.07) is -10.1. The van der Waals surface area contributed by atoms with Gasteiger partial charge in [0.1, 0.15) is 78.9 Å². The Hall–Kier alpha value is -6.15. The van der Waals surface area contributed by atoms with Crippen molar-refractivity contribution in [2.45, 2.75) is 164 Å². The Morgan fingerprint density at radius 2 is 1.33 bits per heavy atom. The predicted molar refractivity (Wildman–Crippen MR) is 254 cm³/mol. The summed E-state index contributed by atoms with van der Waals surface area (Å²) in [5, 5.41) is 83.3. The number of H-pyrrole nitrogens is 1. The third-order valence-corrected chi connectivity index (χ3v) is 14.0. The fourth-order valence-electron chi connectivity index (χ4n) is 7.17. The van der Waals surface area contributed by atoms with Crippen molar-refractivity contribution in [3.8, 4) is 0 Å². The molecule has 5 unspecified atom stereocenters. The molecule has 2 saturated heterocycles. The maximum absolute atomic E-state index is 13.3. The van der Waals surface area contributed by atoms with Crippen LogP contribution < -0.4 is 48.9 Å². The third kappa shape index (κ3) is 20.5. The van der Waals surface area contributed by atoms with Gasteiger partial charge < -0.3 is 97.4 Å². The summed E-state index contributed by atoms with van der Waals surface area (Å²) in [4.78, 5) is 158. The van der Waals surface area contributed by atoms with Crippen LogP contribution in [0.2, 0.25) is 0 Å². The quantitative estimate of drug-likeness (QED) is 0.0318. The predicted octanol–water partition coefficient (Wildman–Crippen LogP) is -7.26. The molecule has 0 aromatic carbocycles. The third-order valence-electron chi connectivity index (χ3n) is 11.4. The lowest BCUT2D eigenvalue weighted by atomic mass is 10.0. The fourth-order valence-corrected chi connectivity index (χ4v) is 9.34. The van der Waals surface area contributed by atoms with Gasteiger partial charge in [0, 0.05) is 25.6 Å². The van der Waals surface area contributed by atoms with Crippen molar-refractivity contribution in [3.05, 3.63) is 33.1 Å². The van der Waals surface area contributed by atoms with E-state index in [1.165, 1.54) is 6.92 Å². The summed E-state index contributed by atoms with van der Waals surface area (Å²) in [5.41, 5.74) is 3.62. The van der Waals surface area contributed by atoms with Gasteiger partial charge in [-0.15, -0.1) is 0 Å². The molecule has 0 saturated carbocycles. The first-order chi connectivity index (χ1) is 36.5. The number of phosphoric acid groups is 2. The van der Waals surface area contributed by atoms with Crippen LogP contribution in [0.4, 0.5) is 0 Å². The van der Waals surface area contributed by atoms with Crippen LogP contribution in [0, 0.1) is 0 Å². The van der Waals surface area contributed by atoms with E-state index in [0.717, 1.165) is 40.0 Å². The molecule has 39 heteroatoms. The van der Waals surface area contributed by atoms with Gasteiger partial charge in [-0.2, -0.15) is 4.31 Å². The standard InChI is InChI=1S/C40H63N9O28P2/c1-14(30(56)44-16(3)35(60)61)43-33(59)20(8-6-7-19(41)36(62)63)46-23(51)10-9-21(37(64)65)47-31(57)15(2)42-32(58)17(4)73-29-25(45-18(5)50)39(75-38(66)28(29)55)76-79(70,71)77-78(68,69)72-13-22-26(53)27(54)34(74-22)49-12-11-24(52)48-40(49)67/h11-12,14-17,19-22,25-29,34,38-39,53-55,66H,6-10,13,41H2,1-5H3,(H,42,58)(H,43,59)(H,44,56)(H,45,50)(H,46,51)(H,47,57)(H,60,61)(H,62,63)(H,64,65)(H,68,69)(H,70,71)(H,48,52,67)/t14-,15+,16-,17?,19?,20+,21-,22-,25-,26-,27-,28+,29-,34-,38+,39?/m1/s1. The van der Waals surface area contributed by atoms with Crippen molar-refractivity contribution in [1.82, 2.24) is 41.5 Å². The molecule has 18 N–H and O–H groups in total. The Morgan fingerprint density at radius 3 is 1.90 bits per heavy atom. The maximum Gasteiger partial charge on any atom is 0.483 e. The molecule has 1 aromatic heterocycles. The molecule has 446 valence electrons. The Balaban J connectivity index is 1.64. The highest BCUT2D eigenvalue weighted by atomic mass is 31.3. The van der Waals surface area contributed by atoms with Gasteiger partial charge in [0.2, 0.25) is 35.4 Å². The zero-order chi connectivity index (χ0) is 60.0. The van der Waals surface area contributed by atoms with Crippen LogP contribution >= 0.6 is 15.6 Å². The SMILES string of the molecule is CC(=O)N[C@H]1C(OP(=O)(O)OP(=O)(O)OC[C@H]2O[C@@H](n3ccc(=O)[nH]c3=O)[C@H](O)[C@@H]2O)O[C@H](O)[C@@H](O)[C@@H]1OC(C)C(=O)N[C@@H](C)C(=O)N[C@H](CCC(=O)N[C@@H](CCCC(N)C(=O)O)C(=O)N[C@H](C)C(=O)N[C@H](C)C(=O)O)C(=O)O.